The van der Waals surface area contributed by atoms with E-state index >= 15 is 0 Å². The van der Waals surface area contributed by atoms with E-state index in [9.17, 15) is 4.39 Å². The Labute approximate surface area is 127 Å². The average molecular weight is 313 g/mol. The Morgan fingerprint density at radius 1 is 1.35 bits per heavy atom. The van der Waals surface area contributed by atoms with Crippen LogP contribution in [0.4, 0.5) is 4.39 Å². The molecule has 1 saturated heterocycles. The molecule has 0 unspecified atom stereocenters. The zero-order valence-electron chi connectivity index (χ0n) is 11.3. The van der Waals surface area contributed by atoms with Gasteiger partial charge < -0.3 is 4.90 Å². The van der Waals surface area contributed by atoms with Gasteiger partial charge in [0.05, 0.1) is 21.9 Å². The standard InChI is InChI=1S/C15H18ClFN2S/c16-12-2-3-14-13(10-12)18-15(20-14)11-4-8-19(9-5-11)7-1-6-17/h2-3,10-11H,1,4-9H2. The first kappa shape index (κ1) is 14.2. The number of rotatable bonds is 4. The average Bonchev–Trinajstić information content (AvgIpc) is 2.88. The van der Waals surface area contributed by atoms with Crippen molar-refractivity contribution in [1.82, 2.24) is 9.88 Å². The number of hydrogen-bond donors (Lipinski definition) is 0. The summed E-state index contributed by atoms with van der Waals surface area (Å²) in [4.78, 5) is 7.10. The molecule has 0 amide bonds. The third-order valence-corrected chi connectivity index (χ3v) is 5.34. The van der Waals surface area contributed by atoms with E-state index in [1.165, 1.54) is 9.71 Å². The van der Waals surface area contributed by atoms with E-state index < -0.39 is 0 Å². The van der Waals surface area contributed by atoms with Gasteiger partial charge in [-0.1, -0.05) is 11.6 Å². The lowest BCUT2D eigenvalue weighted by atomic mass is 9.97. The second kappa shape index (κ2) is 6.37. The van der Waals surface area contributed by atoms with Crippen LogP contribution in [-0.2, 0) is 0 Å². The Morgan fingerprint density at radius 3 is 2.90 bits per heavy atom. The second-order valence-corrected chi connectivity index (χ2v) is 6.82. The highest BCUT2D eigenvalue weighted by molar-refractivity contribution is 7.18. The van der Waals surface area contributed by atoms with Gasteiger partial charge in [0.15, 0.2) is 0 Å². The summed E-state index contributed by atoms with van der Waals surface area (Å²) in [6.07, 6.45) is 2.91. The first-order valence-corrected chi connectivity index (χ1v) is 8.30. The van der Waals surface area contributed by atoms with Crippen molar-refractivity contribution < 1.29 is 4.39 Å². The molecule has 0 radical (unpaired) electrons. The van der Waals surface area contributed by atoms with Crippen molar-refractivity contribution in [3.63, 3.8) is 0 Å². The first-order valence-electron chi connectivity index (χ1n) is 7.10. The van der Waals surface area contributed by atoms with Gasteiger partial charge in [0.25, 0.3) is 0 Å². The van der Waals surface area contributed by atoms with Gasteiger partial charge >= 0.3 is 0 Å². The number of nitrogens with zero attached hydrogens (tertiary/aromatic N) is 2. The van der Waals surface area contributed by atoms with Gasteiger partial charge in [-0.25, -0.2) is 4.98 Å². The molecule has 0 aliphatic carbocycles. The summed E-state index contributed by atoms with van der Waals surface area (Å²) < 4.78 is 13.4. The fourth-order valence-electron chi connectivity index (χ4n) is 2.78. The van der Waals surface area contributed by atoms with E-state index in [4.69, 9.17) is 16.6 Å². The lowest BCUT2D eigenvalue weighted by Crippen LogP contribution is -2.33. The Hall–Kier alpha value is -0.710. The number of fused-ring (bicyclic) bond motifs is 1. The second-order valence-electron chi connectivity index (χ2n) is 5.32. The van der Waals surface area contributed by atoms with Gasteiger partial charge in [-0.2, -0.15) is 0 Å². The molecule has 0 saturated carbocycles. The largest absolute Gasteiger partial charge is 0.303 e. The topological polar surface area (TPSA) is 16.1 Å². The maximum absolute atomic E-state index is 12.2. The summed E-state index contributed by atoms with van der Waals surface area (Å²) in [5.74, 6) is 0.549. The van der Waals surface area contributed by atoms with E-state index in [-0.39, 0.29) is 6.67 Å². The van der Waals surface area contributed by atoms with Crippen LogP contribution in [0.2, 0.25) is 5.02 Å². The Bertz CT molecular complexity index is 578. The van der Waals surface area contributed by atoms with E-state index in [0.29, 0.717) is 12.3 Å². The van der Waals surface area contributed by atoms with E-state index in [1.54, 1.807) is 11.3 Å². The van der Waals surface area contributed by atoms with Crippen LogP contribution in [0, 0.1) is 0 Å². The molecular formula is C15H18ClFN2S. The molecule has 0 bridgehead atoms. The number of piperidine rings is 1. The van der Waals surface area contributed by atoms with Crippen molar-refractivity contribution in [2.45, 2.75) is 25.2 Å². The third-order valence-electron chi connectivity index (χ3n) is 3.91. The molecule has 2 heterocycles. The van der Waals surface area contributed by atoms with Crippen molar-refractivity contribution in [3.8, 4) is 0 Å². The molecule has 1 aromatic heterocycles. The van der Waals surface area contributed by atoms with E-state index in [2.05, 4.69) is 11.0 Å². The van der Waals surface area contributed by atoms with Gasteiger partial charge in [-0.05, 0) is 50.6 Å². The quantitative estimate of drug-likeness (QED) is 0.827. The van der Waals surface area contributed by atoms with Crippen molar-refractivity contribution >= 4 is 33.2 Å². The summed E-state index contributed by atoms with van der Waals surface area (Å²) in [6, 6.07) is 5.91. The van der Waals surface area contributed by atoms with Crippen LogP contribution < -0.4 is 0 Å². The fraction of sp³-hybridized carbons (Fsp3) is 0.533. The number of thiazole rings is 1. The van der Waals surface area contributed by atoms with E-state index in [1.807, 2.05) is 12.1 Å². The molecule has 1 aliphatic heterocycles. The minimum Gasteiger partial charge on any atom is -0.303 e. The predicted molar refractivity (Wildman–Crippen MR) is 83.6 cm³/mol. The molecule has 0 atom stereocenters. The molecule has 0 spiro atoms. The number of benzene rings is 1. The van der Waals surface area contributed by atoms with Crippen LogP contribution in [0.1, 0.15) is 30.2 Å². The molecule has 108 valence electrons. The number of likely N-dealkylation sites (tertiary alicyclic amines) is 1. The smallest absolute Gasteiger partial charge is 0.0970 e. The van der Waals surface area contributed by atoms with Crippen LogP contribution in [-0.4, -0.2) is 36.2 Å². The third kappa shape index (κ3) is 3.13. The highest BCUT2D eigenvalue weighted by Gasteiger charge is 2.23. The van der Waals surface area contributed by atoms with Crippen molar-refractivity contribution in [1.29, 1.82) is 0 Å². The van der Waals surface area contributed by atoms with Gasteiger partial charge in [0, 0.05) is 17.5 Å². The maximum atomic E-state index is 12.2. The number of hydrogen-bond acceptors (Lipinski definition) is 3. The van der Waals surface area contributed by atoms with Gasteiger partial charge in [-0.3, -0.25) is 4.39 Å². The zero-order chi connectivity index (χ0) is 13.9. The Morgan fingerprint density at radius 2 is 2.15 bits per heavy atom. The maximum Gasteiger partial charge on any atom is 0.0970 e. The number of aromatic nitrogens is 1. The monoisotopic (exact) mass is 312 g/mol. The molecule has 1 aromatic carbocycles. The molecule has 20 heavy (non-hydrogen) atoms. The SMILES string of the molecule is FCCCN1CCC(c2nc3cc(Cl)ccc3s2)CC1. The van der Waals surface area contributed by atoms with Crippen LogP contribution >= 0.6 is 22.9 Å². The van der Waals surface area contributed by atoms with Crippen molar-refractivity contribution in [2.75, 3.05) is 26.3 Å². The van der Waals surface area contributed by atoms with Crippen molar-refractivity contribution in [3.05, 3.63) is 28.2 Å². The van der Waals surface area contributed by atoms with Crippen LogP contribution in [0.25, 0.3) is 10.2 Å². The minimum absolute atomic E-state index is 0.210. The van der Waals surface area contributed by atoms with E-state index in [0.717, 1.165) is 43.0 Å². The van der Waals surface area contributed by atoms with Gasteiger partial charge in [0.1, 0.15) is 0 Å². The van der Waals surface area contributed by atoms with Crippen LogP contribution in [0.5, 0.6) is 0 Å². The normalized spacial score (nSPS) is 17.9. The molecule has 0 N–H and O–H groups in total. The summed E-state index contributed by atoms with van der Waals surface area (Å²) in [5.41, 5.74) is 1.01. The molecule has 1 aliphatic rings. The first-order chi connectivity index (χ1) is 9.76. The minimum atomic E-state index is -0.210. The van der Waals surface area contributed by atoms with Gasteiger partial charge in [-0.15, -0.1) is 11.3 Å². The highest BCUT2D eigenvalue weighted by Crippen LogP contribution is 2.34. The Balaban J connectivity index is 1.67. The molecule has 3 rings (SSSR count). The molecule has 2 nitrogen and oxygen atoms in total. The zero-order valence-corrected chi connectivity index (χ0v) is 12.9. The lowest BCUT2D eigenvalue weighted by molar-refractivity contribution is 0.204. The van der Waals surface area contributed by atoms with Crippen LogP contribution in [0.3, 0.4) is 0 Å². The Kier molecular flexibility index (Phi) is 4.54. The van der Waals surface area contributed by atoms with Crippen LogP contribution in [0.15, 0.2) is 18.2 Å². The van der Waals surface area contributed by atoms with Crippen molar-refractivity contribution in [2.24, 2.45) is 0 Å². The van der Waals surface area contributed by atoms with Gasteiger partial charge in [0.2, 0.25) is 0 Å². The molecule has 5 heteroatoms. The molecular weight excluding hydrogens is 295 g/mol. The summed E-state index contributed by atoms with van der Waals surface area (Å²) >= 11 is 7.79. The fourth-order valence-corrected chi connectivity index (χ4v) is 4.06. The summed E-state index contributed by atoms with van der Waals surface area (Å²) in [7, 11) is 0. The molecule has 1 fully saturated rings. The molecule has 2 aromatic rings. The predicted octanol–water partition coefficient (Wildman–Crippen LogP) is 4.49. The highest BCUT2D eigenvalue weighted by atomic mass is 35.5. The summed E-state index contributed by atoms with van der Waals surface area (Å²) in [5, 5.41) is 1.97. The lowest BCUT2D eigenvalue weighted by Gasteiger charge is -2.30. The summed E-state index contributed by atoms with van der Waals surface area (Å²) in [6.45, 7) is 2.79. The number of halogens is 2. The number of alkyl halides is 1.